The molecule has 0 unspecified atom stereocenters. The Bertz CT molecular complexity index is 1720. The van der Waals surface area contributed by atoms with E-state index in [0.29, 0.717) is 5.69 Å². The van der Waals surface area contributed by atoms with Gasteiger partial charge in [-0.1, -0.05) is 63.2 Å². The molecule has 4 aromatic carbocycles. The molecule has 0 N–H and O–H groups in total. The van der Waals surface area contributed by atoms with E-state index in [-0.39, 0.29) is 10.6 Å². The average molecular weight is 526 g/mol. The molecule has 0 amide bonds. The second-order valence-electron chi connectivity index (χ2n) is 10.4. The molecule has 0 saturated carbocycles. The molecule has 7 heteroatoms. The Kier molecular flexibility index (Phi) is 6.62. The highest BCUT2D eigenvalue weighted by atomic mass is 31.2. The summed E-state index contributed by atoms with van der Waals surface area (Å²) in [5.41, 5.74) is 3.81. The van der Waals surface area contributed by atoms with E-state index in [1.54, 1.807) is 12.1 Å². The predicted molar refractivity (Wildman–Crippen MR) is 158 cm³/mol. The number of nitro benzene ring substituents is 1. The van der Waals surface area contributed by atoms with Gasteiger partial charge in [-0.05, 0) is 55.8 Å². The number of hydrogen-bond donors (Lipinski definition) is 0. The minimum atomic E-state index is -2.84. The molecule has 0 fully saturated rings. The zero-order chi connectivity index (χ0) is 27.1. The Morgan fingerprint density at radius 3 is 2.26 bits per heavy atom. The van der Waals surface area contributed by atoms with Crippen LogP contribution < -0.4 is 9.83 Å². The maximum atomic E-state index is 11.6. The molecule has 5 rings (SSSR count). The van der Waals surface area contributed by atoms with Crippen molar-refractivity contribution < 1.29 is 9.45 Å². The molecule has 0 saturated heterocycles. The van der Waals surface area contributed by atoms with E-state index in [0.717, 1.165) is 34.1 Å². The van der Waals surface area contributed by atoms with Crippen LogP contribution in [0.15, 0.2) is 95.7 Å². The van der Waals surface area contributed by atoms with Crippen LogP contribution in [-0.2, 0) is 6.54 Å². The first-order valence-electron chi connectivity index (χ1n) is 12.8. The van der Waals surface area contributed by atoms with Gasteiger partial charge in [0.15, 0.2) is 7.28 Å². The SMILES string of the molecule is CCn1c2ccccc2c2cc([P@@](=Nc3cc([N+](=O)[O-])ccc3C)(Oc3ccccc3)C(C)(C)C)ccc21. The fraction of sp³-hybridized carbons (Fsp3) is 0.226. The number of nitro groups is 1. The number of fused-ring (bicyclic) bond motifs is 3. The van der Waals surface area contributed by atoms with Gasteiger partial charge in [0.1, 0.15) is 5.75 Å². The quantitative estimate of drug-likeness (QED) is 0.126. The highest BCUT2D eigenvalue weighted by molar-refractivity contribution is 7.71. The Hall–Kier alpha value is -3.89. The lowest BCUT2D eigenvalue weighted by Crippen LogP contribution is -2.27. The topological polar surface area (TPSA) is 69.7 Å². The Labute approximate surface area is 223 Å². The lowest BCUT2D eigenvalue weighted by Gasteiger charge is -2.37. The van der Waals surface area contributed by atoms with E-state index < -0.39 is 12.4 Å². The van der Waals surface area contributed by atoms with Crippen molar-refractivity contribution in [2.75, 3.05) is 0 Å². The summed E-state index contributed by atoms with van der Waals surface area (Å²) in [6.45, 7) is 11.4. The molecule has 0 aliphatic carbocycles. The van der Waals surface area contributed by atoms with E-state index in [9.17, 15) is 10.1 Å². The van der Waals surface area contributed by atoms with Crippen molar-refractivity contribution in [1.29, 1.82) is 0 Å². The first-order valence-corrected chi connectivity index (χ1v) is 14.4. The molecule has 0 bridgehead atoms. The fourth-order valence-electron chi connectivity index (χ4n) is 4.98. The second-order valence-corrected chi connectivity index (χ2v) is 13.8. The van der Waals surface area contributed by atoms with Gasteiger partial charge in [0.05, 0.1) is 10.6 Å². The second kappa shape index (κ2) is 9.77. The summed E-state index contributed by atoms with van der Waals surface area (Å²) in [5.74, 6) is 0.721. The molecule has 1 aromatic heterocycles. The Morgan fingerprint density at radius 1 is 0.895 bits per heavy atom. The number of benzene rings is 4. The maximum absolute atomic E-state index is 11.6. The van der Waals surface area contributed by atoms with Gasteiger partial charge in [0.25, 0.3) is 5.69 Å². The number of rotatable bonds is 6. The standard InChI is InChI=1S/C31H32N3O3P/c1-6-33-29-15-11-10-14-26(29)27-21-25(18-19-30(27)33)38(31(3,4)5,37-24-12-8-7-9-13-24)32-28-20-23(34(35)36)17-16-22(28)2/h7-21H,6H2,1-5H3/t38-/m1/s1. The van der Waals surface area contributed by atoms with Gasteiger partial charge in [-0.3, -0.25) is 10.1 Å². The number of aromatic nitrogens is 1. The van der Waals surface area contributed by atoms with Gasteiger partial charge in [-0.2, -0.15) is 0 Å². The smallest absolute Gasteiger partial charge is 0.271 e. The largest absolute Gasteiger partial charge is 0.455 e. The molecule has 5 aromatic rings. The summed E-state index contributed by atoms with van der Waals surface area (Å²) < 4.78 is 14.7. The van der Waals surface area contributed by atoms with Gasteiger partial charge in [0, 0.05) is 50.9 Å². The van der Waals surface area contributed by atoms with Crippen molar-refractivity contribution in [3.63, 3.8) is 0 Å². The van der Waals surface area contributed by atoms with Crippen LogP contribution in [0.2, 0.25) is 0 Å². The lowest BCUT2D eigenvalue weighted by molar-refractivity contribution is -0.384. The van der Waals surface area contributed by atoms with Gasteiger partial charge in [-0.15, -0.1) is 0 Å². The monoisotopic (exact) mass is 525 g/mol. The Balaban J connectivity index is 1.88. The molecule has 1 heterocycles. The van der Waals surface area contributed by atoms with E-state index in [1.807, 2.05) is 37.3 Å². The third kappa shape index (κ3) is 4.39. The van der Waals surface area contributed by atoms with Gasteiger partial charge in [-0.25, -0.2) is 4.74 Å². The van der Waals surface area contributed by atoms with E-state index in [2.05, 4.69) is 74.7 Å². The third-order valence-corrected chi connectivity index (χ3v) is 10.7. The molecular weight excluding hydrogens is 493 g/mol. The van der Waals surface area contributed by atoms with Crippen molar-refractivity contribution in [3.05, 3.63) is 107 Å². The molecule has 0 radical (unpaired) electrons. The lowest BCUT2D eigenvalue weighted by atomic mass is 10.1. The van der Waals surface area contributed by atoms with Crippen LogP contribution >= 0.6 is 7.28 Å². The molecule has 0 aliphatic heterocycles. The van der Waals surface area contributed by atoms with Crippen molar-refractivity contribution in [2.45, 2.75) is 46.3 Å². The Morgan fingerprint density at radius 2 is 1.58 bits per heavy atom. The summed E-state index contributed by atoms with van der Waals surface area (Å²) in [6.07, 6.45) is 0. The van der Waals surface area contributed by atoms with E-state index in [4.69, 9.17) is 9.27 Å². The highest BCUT2D eigenvalue weighted by Gasteiger charge is 2.39. The van der Waals surface area contributed by atoms with Crippen LogP contribution in [0.1, 0.15) is 33.3 Å². The molecule has 1 atom stereocenters. The number of aryl methyl sites for hydroxylation is 2. The zero-order valence-electron chi connectivity index (χ0n) is 22.4. The van der Waals surface area contributed by atoms with Crippen LogP contribution in [-0.4, -0.2) is 14.6 Å². The van der Waals surface area contributed by atoms with Crippen LogP contribution in [0.25, 0.3) is 21.8 Å². The van der Waals surface area contributed by atoms with Gasteiger partial charge < -0.3 is 9.09 Å². The number of para-hydroxylation sites is 2. The van der Waals surface area contributed by atoms with Crippen LogP contribution in [0.3, 0.4) is 0 Å². The maximum Gasteiger partial charge on any atom is 0.271 e. The third-order valence-electron chi connectivity index (χ3n) is 6.96. The normalized spacial score (nSPS) is 13.4. The molecule has 194 valence electrons. The van der Waals surface area contributed by atoms with Crippen LogP contribution in [0, 0.1) is 17.0 Å². The van der Waals surface area contributed by atoms with Gasteiger partial charge >= 0.3 is 0 Å². The van der Waals surface area contributed by atoms with Crippen molar-refractivity contribution in [1.82, 2.24) is 4.57 Å². The number of nitrogens with zero attached hydrogens (tertiary/aromatic N) is 3. The van der Waals surface area contributed by atoms with E-state index >= 15 is 0 Å². The molecule has 0 aliphatic rings. The summed E-state index contributed by atoms with van der Waals surface area (Å²) in [7, 11) is -2.84. The number of hydrogen-bond acceptors (Lipinski definition) is 4. The van der Waals surface area contributed by atoms with Crippen molar-refractivity contribution in [2.24, 2.45) is 4.74 Å². The fourth-order valence-corrected chi connectivity index (χ4v) is 8.12. The molecular formula is C31H32N3O3P. The average Bonchev–Trinajstić information content (AvgIpc) is 3.22. The van der Waals surface area contributed by atoms with Gasteiger partial charge in [0.2, 0.25) is 0 Å². The zero-order valence-corrected chi connectivity index (χ0v) is 23.3. The predicted octanol–water partition coefficient (Wildman–Crippen LogP) is 8.98. The van der Waals surface area contributed by atoms with Crippen molar-refractivity contribution >= 4 is 45.8 Å². The highest BCUT2D eigenvalue weighted by Crippen LogP contribution is 2.62. The van der Waals surface area contributed by atoms with Crippen LogP contribution in [0.4, 0.5) is 11.4 Å². The molecule has 38 heavy (non-hydrogen) atoms. The van der Waals surface area contributed by atoms with Crippen LogP contribution in [0.5, 0.6) is 5.75 Å². The van der Waals surface area contributed by atoms with E-state index in [1.165, 1.54) is 17.0 Å². The summed E-state index contributed by atoms with van der Waals surface area (Å²) >= 11 is 0. The summed E-state index contributed by atoms with van der Waals surface area (Å²) in [4.78, 5) is 11.3. The minimum Gasteiger partial charge on any atom is -0.455 e. The van der Waals surface area contributed by atoms with Crippen molar-refractivity contribution in [3.8, 4) is 5.75 Å². The minimum absolute atomic E-state index is 0.0162. The number of non-ortho nitro benzene ring substituents is 1. The molecule has 0 spiro atoms. The summed E-state index contributed by atoms with van der Waals surface area (Å²) in [5, 5.41) is 14.5. The first-order chi connectivity index (χ1) is 18.1. The first kappa shape index (κ1) is 25.7. The molecule has 6 nitrogen and oxygen atoms in total. The summed E-state index contributed by atoms with van der Waals surface area (Å²) in [6, 6.07) is 29.5.